The van der Waals surface area contributed by atoms with Gasteiger partial charge in [0.2, 0.25) is 0 Å². The molecular weight excluding hydrogens is 422 g/mol. The van der Waals surface area contributed by atoms with Crippen molar-refractivity contribution in [2.45, 2.75) is 63.8 Å². The number of hydrogen-bond acceptors (Lipinski definition) is 6. The molecule has 2 fully saturated rings. The third-order valence-electron chi connectivity index (χ3n) is 7.05. The molecule has 170 valence electrons. The van der Waals surface area contributed by atoms with Crippen LogP contribution in [-0.2, 0) is 14.3 Å². The van der Waals surface area contributed by atoms with Crippen LogP contribution in [0, 0.1) is 11.8 Å². The standard InChI is InChI=1S/C26H31NO4S/c1-17-8-10-19(11-9-17)24(29)26(14-12-20(28)13-15-26)27-21-16-22(18-6-4-3-5-7-18)32-23(21)25(30)31-2/h3-7,16-17,19,27H,8-15H2,1-2H3. The summed E-state index contributed by atoms with van der Waals surface area (Å²) in [6, 6.07) is 11.8. The summed E-state index contributed by atoms with van der Waals surface area (Å²) in [5.74, 6) is 0.671. The molecule has 0 bridgehead atoms. The fourth-order valence-electron chi connectivity index (χ4n) is 5.03. The van der Waals surface area contributed by atoms with Gasteiger partial charge in [0.25, 0.3) is 0 Å². The summed E-state index contributed by atoms with van der Waals surface area (Å²) in [6.45, 7) is 2.24. The number of carbonyl (C=O) groups excluding carboxylic acids is 3. The largest absolute Gasteiger partial charge is 0.465 e. The Labute approximate surface area is 193 Å². The molecule has 0 aliphatic heterocycles. The predicted molar refractivity (Wildman–Crippen MR) is 127 cm³/mol. The second-order valence-corrected chi connectivity index (χ2v) is 10.3. The monoisotopic (exact) mass is 453 g/mol. The molecular formula is C26H31NO4S. The summed E-state index contributed by atoms with van der Waals surface area (Å²) in [5.41, 5.74) is 0.834. The van der Waals surface area contributed by atoms with E-state index in [0.717, 1.165) is 36.1 Å². The van der Waals surface area contributed by atoms with E-state index in [1.54, 1.807) is 0 Å². The molecule has 0 radical (unpaired) electrons. The van der Waals surface area contributed by atoms with Crippen LogP contribution < -0.4 is 5.32 Å². The van der Waals surface area contributed by atoms with Gasteiger partial charge in [-0.25, -0.2) is 4.79 Å². The van der Waals surface area contributed by atoms with E-state index in [2.05, 4.69) is 12.2 Å². The molecule has 5 nitrogen and oxygen atoms in total. The van der Waals surface area contributed by atoms with Gasteiger partial charge >= 0.3 is 5.97 Å². The third kappa shape index (κ3) is 4.65. The van der Waals surface area contributed by atoms with Gasteiger partial charge < -0.3 is 10.1 Å². The molecule has 32 heavy (non-hydrogen) atoms. The molecule has 0 unspecified atom stereocenters. The predicted octanol–water partition coefficient (Wildman–Crippen LogP) is 5.89. The second-order valence-electron chi connectivity index (χ2n) is 9.28. The van der Waals surface area contributed by atoms with E-state index in [0.29, 0.717) is 42.2 Å². The van der Waals surface area contributed by atoms with Crippen molar-refractivity contribution in [3.8, 4) is 10.4 Å². The number of ketones is 2. The van der Waals surface area contributed by atoms with Crippen molar-refractivity contribution in [1.29, 1.82) is 0 Å². The third-order valence-corrected chi connectivity index (χ3v) is 8.22. The number of thiophene rings is 1. The van der Waals surface area contributed by atoms with Crippen molar-refractivity contribution in [3.63, 3.8) is 0 Å². The molecule has 0 atom stereocenters. The van der Waals surface area contributed by atoms with Gasteiger partial charge in [-0.3, -0.25) is 9.59 Å². The van der Waals surface area contributed by atoms with Gasteiger partial charge in [0.05, 0.1) is 18.3 Å². The van der Waals surface area contributed by atoms with E-state index in [1.807, 2.05) is 36.4 Å². The number of esters is 1. The first-order chi connectivity index (χ1) is 15.4. The highest BCUT2D eigenvalue weighted by molar-refractivity contribution is 7.18. The van der Waals surface area contributed by atoms with Crippen LogP contribution in [0.1, 0.15) is 68.0 Å². The molecule has 4 rings (SSSR count). The molecule has 2 saturated carbocycles. The minimum atomic E-state index is -0.809. The van der Waals surface area contributed by atoms with Gasteiger partial charge in [-0.05, 0) is 43.2 Å². The average molecular weight is 454 g/mol. The number of methoxy groups -OCH3 is 1. The summed E-state index contributed by atoms with van der Waals surface area (Å²) >= 11 is 1.37. The number of benzene rings is 1. The first-order valence-corrected chi connectivity index (χ1v) is 12.4. The summed E-state index contributed by atoms with van der Waals surface area (Å²) in [5, 5.41) is 3.51. The van der Waals surface area contributed by atoms with Crippen molar-refractivity contribution in [3.05, 3.63) is 41.3 Å². The van der Waals surface area contributed by atoms with Gasteiger partial charge in [-0.15, -0.1) is 11.3 Å². The number of Topliss-reactive ketones (excluding diaryl/α,β-unsaturated/α-hetero) is 2. The first kappa shape index (κ1) is 22.7. The first-order valence-electron chi connectivity index (χ1n) is 11.5. The molecule has 0 amide bonds. The topological polar surface area (TPSA) is 72.5 Å². The highest BCUT2D eigenvalue weighted by atomic mass is 32.1. The van der Waals surface area contributed by atoms with Gasteiger partial charge in [0.1, 0.15) is 10.7 Å². The summed E-state index contributed by atoms with van der Waals surface area (Å²) in [7, 11) is 1.37. The van der Waals surface area contributed by atoms with Gasteiger partial charge in [-0.2, -0.15) is 0 Å². The maximum absolute atomic E-state index is 13.8. The number of nitrogens with one attached hydrogen (secondary N) is 1. The van der Waals surface area contributed by atoms with Crippen molar-refractivity contribution in [2.75, 3.05) is 12.4 Å². The fourth-order valence-corrected chi connectivity index (χ4v) is 6.07. The molecule has 0 saturated heterocycles. The van der Waals surface area contributed by atoms with E-state index >= 15 is 0 Å². The summed E-state index contributed by atoms with van der Waals surface area (Å²) in [4.78, 5) is 39.9. The van der Waals surface area contributed by atoms with Crippen molar-refractivity contribution in [2.24, 2.45) is 11.8 Å². The van der Waals surface area contributed by atoms with Crippen LogP contribution in [0.3, 0.4) is 0 Å². The number of carbonyl (C=O) groups is 3. The average Bonchev–Trinajstić information content (AvgIpc) is 3.24. The van der Waals surface area contributed by atoms with Crippen LogP contribution in [0.15, 0.2) is 36.4 Å². The van der Waals surface area contributed by atoms with E-state index in [-0.39, 0.29) is 17.5 Å². The van der Waals surface area contributed by atoms with Gasteiger partial charge in [0.15, 0.2) is 5.78 Å². The summed E-state index contributed by atoms with van der Waals surface area (Å²) in [6.07, 6.45) is 5.68. The van der Waals surface area contributed by atoms with E-state index in [1.165, 1.54) is 18.4 Å². The zero-order valence-corrected chi connectivity index (χ0v) is 19.6. The summed E-state index contributed by atoms with van der Waals surface area (Å²) < 4.78 is 5.05. The minimum absolute atomic E-state index is 0.0145. The van der Waals surface area contributed by atoms with E-state index in [9.17, 15) is 14.4 Å². The van der Waals surface area contributed by atoms with Crippen LogP contribution in [-0.4, -0.2) is 30.2 Å². The van der Waals surface area contributed by atoms with Gasteiger partial charge in [-0.1, -0.05) is 50.1 Å². The number of hydrogen-bond donors (Lipinski definition) is 1. The lowest BCUT2D eigenvalue weighted by molar-refractivity contribution is -0.131. The maximum atomic E-state index is 13.8. The lowest BCUT2D eigenvalue weighted by Crippen LogP contribution is -2.52. The van der Waals surface area contributed by atoms with Gasteiger partial charge in [0, 0.05) is 23.6 Å². The van der Waals surface area contributed by atoms with Crippen LogP contribution in [0.4, 0.5) is 5.69 Å². The normalized spacial score (nSPS) is 22.9. The van der Waals surface area contributed by atoms with Crippen molar-refractivity contribution >= 4 is 34.6 Å². The van der Waals surface area contributed by atoms with Crippen LogP contribution >= 0.6 is 11.3 Å². The highest BCUT2D eigenvalue weighted by Crippen LogP contribution is 2.42. The number of anilines is 1. The molecule has 1 N–H and O–H groups in total. The Morgan fingerprint density at radius 1 is 1.06 bits per heavy atom. The van der Waals surface area contributed by atoms with E-state index < -0.39 is 11.5 Å². The fraction of sp³-hybridized carbons (Fsp3) is 0.500. The lowest BCUT2D eigenvalue weighted by Gasteiger charge is -2.40. The Hall–Kier alpha value is -2.47. The highest BCUT2D eigenvalue weighted by Gasteiger charge is 2.45. The lowest BCUT2D eigenvalue weighted by atomic mass is 9.70. The Bertz CT molecular complexity index is 979. The molecule has 1 aromatic heterocycles. The van der Waals surface area contributed by atoms with E-state index in [4.69, 9.17) is 4.74 Å². The molecule has 2 aliphatic rings. The SMILES string of the molecule is COC(=O)c1sc(-c2ccccc2)cc1NC1(C(=O)C2CCC(C)CC2)CCC(=O)CC1. The molecule has 1 heterocycles. The Morgan fingerprint density at radius 2 is 1.72 bits per heavy atom. The smallest absolute Gasteiger partial charge is 0.350 e. The second kappa shape index (κ2) is 9.57. The zero-order valence-electron chi connectivity index (χ0n) is 18.8. The van der Waals surface area contributed by atoms with Crippen LogP contribution in [0.2, 0.25) is 0 Å². The number of rotatable bonds is 6. The molecule has 6 heteroatoms. The zero-order chi connectivity index (χ0) is 22.7. The van der Waals surface area contributed by atoms with Crippen molar-refractivity contribution < 1.29 is 19.1 Å². The number of ether oxygens (including phenoxy) is 1. The molecule has 0 spiro atoms. The quantitative estimate of drug-likeness (QED) is 0.552. The Balaban J connectivity index is 1.69. The van der Waals surface area contributed by atoms with Crippen molar-refractivity contribution in [1.82, 2.24) is 0 Å². The molecule has 2 aromatic rings. The van der Waals surface area contributed by atoms with Crippen LogP contribution in [0.5, 0.6) is 0 Å². The molecule has 1 aromatic carbocycles. The maximum Gasteiger partial charge on any atom is 0.350 e. The Morgan fingerprint density at radius 3 is 2.34 bits per heavy atom. The minimum Gasteiger partial charge on any atom is -0.465 e. The Kier molecular flexibility index (Phi) is 6.79. The molecule has 2 aliphatic carbocycles. The van der Waals surface area contributed by atoms with Crippen LogP contribution in [0.25, 0.3) is 10.4 Å².